The summed E-state index contributed by atoms with van der Waals surface area (Å²) in [5, 5.41) is 3.95. The van der Waals surface area contributed by atoms with Crippen molar-refractivity contribution in [2.24, 2.45) is 4.99 Å². The first kappa shape index (κ1) is 23.7. The third-order valence-corrected chi connectivity index (χ3v) is 8.10. The molecule has 7 rings (SSSR count). The van der Waals surface area contributed by atoms with Gasteiger partial charge in [0.25, 0.3) is 17.8 Å². The van der Waals surface area contributed by atoms with Crippen LogP contribution >= 0.6 is 0 Å². The number of rotatable bonds is 5. The fourth-order valence-corrected chi connectivity index (χ4v) is 6.12. The van der Waals surface area contributed by atoms with E-state index in [9.17, 15) is 9.59 Å². The second-order valence-corrected chi connectivity index (χ2v) is 10.4. The Bertz CT molecular complexity index is 1610. The normalized spacial score (nSPS) is 18.5. The molecule has 0 N–H and O–H groups in total. The Labute approximate surface area is 227 Å². The van der Waals surface area contributed by atoms with Gasteiger partial charge in [0, 0.05) is 59.2 Å². The van der Waals surface area contributed by atoms with Crippen LogP contribution in [-0.4, -0.2) is 67.0 Å². The number of anilines is 1. The minimum absolute atomic E-state index is 0.235. The maximum absolute atomic E-state index is 13.6. The van der Waals surface area contributed by atoms with Crippen molar-refractivity contribution in [2.75, 3.05) is 44.2 Å². The minimum atomic E-state index is -0.235. The van der Waals surface area contributed by atoms with Crippen LogP contribution in [0.25, 0.3) is 21.5 Å². The Morgan fingerprint density at radius 3 is 2.33 bits per heavy atom. The number of nitrogens with zero attached hydrogens (tertiary/aromatic N) is 4. The van der Waals surface area contributed by atoms with E-state index in [1.807, 2.05) is 59.5 Å². The molecule has 2 saturated heterocycles. The molecule has 4 aromatic rings. The summed E-state index contributed by atoms with van der Waals surface area (Å²) < 4.78 is 5.87. The van der Waals surface area contributed by atoms with Crippen LogP contribution < -0.4 is 4.90 Å². The van der Waals surface area contributed by atoms with Crippen LogP contribution in [0.2, 0.25) is 0 Å². The molecule has 0 aromatic heterocycles. The van der Waals surface area contributed by atoms with Gasteiger partial charge in [-0.25, -0.2) is 0 Å². The summed E-state index contributed by atoms with van der Waals surface area (Å²) in [7, 11) is 0. The lowest BCUT2D eigenvalue weighted by atomic mass is 9.92. The van der Waals surface area contributed by atoms with Crippen LogP contribution in [0.1, 0.15) is 40.0 Å². The maximum atomic E-state index is 13.6. The minimum Gasteiger partial charge on any atom is -0.463 e. The smallest absolute Gasteiger partial charge is 0.292 e. The number of fused-ring (bicyclic) bond motifs is 1. The molecule has 0 unspecified atom stereocenters. The molecule has 39 heavy (non-hydrogen) atoms. The number of hydrogen-bond acceptors (Lipinski definition) is 5. The van der Waals surface area contributed by atoms with Crippen LogP contribution in [0.15, 0.2) is 77.8 Å². The van der Waals surface area contributed by atoms with Crippen LogP contribution in [0, 0.1) is 0 Å². The van der Waals surface area contributed by atoms with E-state index in [-0.39, 0.29) is 18.4 Å². The van der Waals surface area contributed by atoms with Crippen molar-refractivity contribution in [1.29, 1.82) is 0 Å². The average molecular weight is 519 g/mol. The van der Waals surface area contributed by atoms with Gasteiger partial charge in [0.1, 0.15) is 6.61 Å². The van der Waals surface area contributed by atoms with Gasteiger partial charge in [0.2, 0.25) is 0 Å². The van der Waals surface area contributed by atoms with Crippen LogP contribution in [0.3, 0.4) is 0 Å². The summed E-state index contributed by atoms with van der Waals surface area (Å²) in [6.45, 7) is 3.91. The summed E-state index contributed by atoms with van der Waals surface area (Å²) in [5.74, 6) is -0.469. The third kappa shape index (κ3) is 4.09. The molecule has 0 aliphatic carbocycles. The first-order valence-corrected chi connectivity index (χ1v) is 13.8. The Kier molecular flexibility index (Phi) is 5.91. The van der Waals surface area contributed by atoms with Gasteiger partial charge in [0.15, 0.2) is 0 Å². The van der Waals surface area contributed by atoms with Gasteiger partial charge in [-0.3, -0.25) is 14.5 Å². The molecule has 0 saturated carbocycles. The molecule has 2 fully saturated rings. The first-order valence-electron chi connectivity index (χ1n) is 13.8. The standard InChI is InChI=1S/C32H30N4O3/c37-30-25-12-7-11-24-28(34-16-4-1-5-17-34)15-14-26(29(24)25)31(38)36(30)19-18-35-20-21-39-32(35)33-27-13-6-9-22-8-2-3-10-23(22)27/h2-3,6-15H,1,4-5,16-21H2. The summed E-state index contributed by atoms with van der Waals surface area (Å²) in [5.41, 5.74) is 3.16. The number of amidine groups is 1. The summed E-state index contributed by atoms with van der Waals surface area (Å²) in [6.07, 6.45) is 3.58. The van der Waals surface area contributed by atoms with Crippen molar-refractivity contribution in [3.05, 3.63) is 83.9 Å². The van der Waals surface area contributed by atoms with Gasteiger partial charge in [-0.05, 0) is 48.9 Å². The molecular formula is C32H30N4O3. The summed E-state index contributed by atoms with van der Waals surface area (Å²) in [4.78, 5) is 37.9. The number of carbonyl (C=O) groups is 2. The van der Waals surface area contributed by atoms with E-state index < -0.39 is 0 Å². The highest BCUT2D eigenvalue weighted by atomic mass is 16.5. The summed E-state index contributed by atoms with van der Waals surface area (Å²) >= 11 is 0. The highest BCUT2D eigenvalue weighted by Crippen LogP contribution is 2.37. The van der Waals surface area contributed by atoms with E-state index >= 15 is 0 Å². The molecule has 0 spiro atoms. The third-order valence-electron chi connectivity index (χ3n) is 8.10. The monoisotopic (exact) mass is 518 g/mol. The average Bonchev–Trinajstić information content (AvgIpc) is 3.43. The molecule has 3 aliphatic rings. The summed E-state index contributed by atoms with van der Waals surface area (Å²) in [6, 6.07) is 24.5. The molecule has 0 bridgehead atoms. The topological polar surface area (TPSA) is 65.5 Å². The number of imide groups is 1. The number of amides is 2. The van der Waals surface area contributed by atoms with Crippen molar-refractivity contribution in [2.45, 2.75) is 19.3 Å². The predicted molar refractivity (Wildman–Crippen MR) is 154 cm³/mol. The molecule has 7 heteroatoms. The lowest BCUT2D eigenvalue weighted by molar-refractivity contribution is 0.0603. The van der Waals surface area contributed by atoms with Crippen molar-refractivity contribution in [3.8, 4) is 0 Å². The molecule has 2 amide bonds. The van der Waals surface area contributed by atoms with Gasteiger partial charge < -0.3 is 14.5 Å². The SMILES string of the molecule is O=C1c2cccc3c(N4CCCCC4)ccc(c23)C(=O)N1CCN1CCOC1=Nc1cccc2ccccc12. The number of ether oxygens (including phenoxy) is 1. The van der Waals surface area contributed by atoms with Gasteiger partial charge in [-0.15, -0.1) is 0 Å². The fourth-order valence-electron chi connectivity index (χ4n) is 6.12. The number of aliphatic imine (C=N–C) groups is 1. The number of carbonyl (C=O) groups excluding carboxylic acids is 2. The Balaban J connectivity index is 1.15. The van der Waals surface area contributed by atoms with E-state index in [1.165, 1.54) is 24.2 Å². The van der Waals surface area contributed by atoms with Crippen molar-refractivity contribution in [3.63, 3.8) is 0 Å². The molecule has 0 atom stereocenters. The zero-order valence-electron chi connectivity index (χ0n) is 21.8. The van der Waals surface area contributed by atoms with E-state index in [1.54, 1.807) is 0 Å². The van der Waals surface area contributed by atoms with E-state index in [4.69, 9.17) is 9.73 Å². The second kappa shape index (κ2) is 9.73. The quantitative estimate of drug-likeness (QED) is 0.322. The van der Waals surface area contributed by atoms with Crippen molar-refractivity contribution < 1.29 is 14.3 Å². The van der Waals surface area contributed by atoms with Gasteiger partial charge in [-0.2, -0.15) is 4.99 Å². The van der Waals surface area contributed by atoms with Crippen LogP contribution in [-0.2, 0) is 4.74 Å². The molecule has 3 heterocycles. The molecular weight excluding hydrogens is 488 g/mol. The van der Waals surface area contributed by atoms with E-state index in [2.05, 4.69) is 23.1 Å². The highest BCUT2D eigenvalue weighted by molar-refractivity contribution is 6.26. The van der Waals surface area contributed by atoms with E-state index in [0.29, 0.717) is 36.8 Å². The van der Waals surface area contributed by atoms with E-state index in [0.717, 1.165) is 46.0 Å². The first-order chi connectivity index (χ1) is 19.2. The number of hydrogen-bond donors (Lipinski definition) is 0. The molecule has 7 nitrogen and oxygen atoms in total. The Morgan fingerprint density at radius 2 is 1.46 bits per heavy atom. The lowest BCUT2D eigenvalue weighted by Gasteiger charge is -2.33. The molecule has 0 radical (unpaired) electrons. The van der Waals surface area contributed by atoms with Gasteiger partial charge in [0.05, 0.1) is 12.2 Å². The maximum Gasteiger partial charge on any atom is 0.292 e. The molecule has 4 aromatic carbocycles. The number of piperidine rings is 1. The van der Waals surface area contributed by atoms with Gasteiger partial charge >= 0.3 is 0 Å². The van der Waals surface area contributed by atoms with Crippen molar-refractivity contribution >= 4 is 50.8 Å². The van der Waals surface area contributed by atoms with Crippen LogP contribution in [0.4, 0.5) is 11.4 Å². The lowest BCUT2D eigenvalue weighted by Crippen LogP contribution is -2.45. The zero-order chi connectivity index (χ0) is 26.3. The Morgan fingerprint density at radius 1 is 0.718 bits per heavy atom. The van der Waals surface area contributed by atoms with Gasteiger partial charge in [-0.1, -0.05) is 48.5 Å². The second-order valence-electron chi connectivity index (χ2n) is 10.4. The van der Waals surface area contributed by atoms with Crippen molar-refractivity contribution in [1.82, 2.24) is 9.80 Å². The largest absolute Gasteiger partial charge is 0.463 e. The zero-order valence-corrected chi connectivity index (χ0v) is 21.8. The predicted octanol–water partition coefficient (Wildman–Crippen LogP) is 5.60. The number of benzene rings is 4. The molecule has 196 valence electrons. The fraction of sp³-hybridized carbons (Fsp3) is 0.281. The Hall–Kier alpha value is -4.39. The highest BCUT2D eigenvalue weighted by Gasteiger charge is 2.34. The molecule has 3 aliphatic heterocycles. The van der Waals surface area contributed by atoms with Crippen LogP contribution in [0.5, 0.6) is 0 Å².